The van der Waals surface area contributed by atoms with E-state index in [4.69, 9.17) is 9.47 Å². The Morgan fingerprint density at radius 2 is 2.00 bits per heavy atom. The minimum absolute atomic E-state index is 0.238. The summed E-state index contributed by atoms with van der Waals surface area (Å²) in [5.41, 5.74) is 8.84. The number of ether oxygens (including phenoxy) is 2. The van der Waals surface area contributed by atoms with Crippen LogP contribution in [0, 0.1) is 0 Å². The van der Waals surface area contributed by atoms with E-state index in [0.717, 1.165) is 48.9 Å². The van der Waals surface area contributed by atoms with E-state index in [1.807, 2.05) is 30.3 Å². The van der Waals surface area contributed by atoms with Crippen molar-refractivity contribution >= 4 is 17.8 Å². The number of amides is 1. The Hall–Kier alpha value is -4.06. The molecule has 0 bridgehead atoms. The predicted molar refractivity (Wildman–Crippen MR) is 143 cm³/mol. The number of hydrazone groups is 1. The molecule has 1 amide bonds. The molecule has 0 radical (unpaired) electrons. The van der Waals surface area contributed by atoms with Crippen LogP contribution in [0.15, 0.2) is 83.6 Å². The van der Waals surface area contributed by atoms with Gasteiger partial charge in [0.15, 0.2) is 0 Å². The zero-order chi connectivity index (χ0) is 25.1. The highest BCUT2D eigenvalue weighted by atomic mass is 16.5. The van der Waals surface area contributed by atoms with Crippen molar-refractivity contribution in [2.45, 2.75) is 32.1 Å². The van der Waals surface area contributed by atoms with Crippen molar-refractivity contribution in [3.8, 4) is 11.5 Å². The molecule has 2 aliphatic heterocycles. The number of carbonyl (C=O) groups is 1. The number of methoxy groups -OCH3 is 1. The smallest absolute Gasteiger partial charge is 0.271 e. The Morgan fingerprint density at radius 3 is 2.78 bits per heavy atom. The number of nitrogens with zero attached hydrogens (tertiary/aromatic N) is 2. The second-order valence-corrected chi connectivity index (χ2v) is 9.31. The molecule has 36 heavy (non-hydrogen) atoms. The van der Waals surface area contributed by atoms with E-state index in [9.17, 15) is 4.79 Å². The summed E-state index contributed by atoms with van der Waals surface area (Å²) < 4.78 is 11.4. The number of hydrogen-bond donors (Lipinski definition) is 1. The quantitative estimate of drug-likeness (QED) is 0.369. The van der Waals surface area contributed by atoms with Crippen LogP contribution in [-0.4, -0.2) is 32.4 Å². The summed E-state index contributed by atoms with van der Waals surface area (Å²) >= 11 is 0. The van der Waals surface area contributed by atoms with Gasteiger partial charge in [-0.25, -0.2) is 5.43 Å². The second kappa shape index (κ2) is 9.90. The lowest BCUT2D eigenvalue weighted by Crippen LogP contribution is -2.31. The van der Waals surface area contributed by atoms with Gasteiger partial charge in [0, 0.05) is 41.5 Å². The molecule has 6 nitrogen and oxygen atoms in total. The fourth-order valence-electron chi connectivity index (χ4n) is 5.27. The van der Waals surface area contributed by atoms with Crippen molar-refractivity contribution in [2.24, 2.45) is 5.10 Å². The minimum Gasteiger partial charge on any atom is -0.497 e. The molecule has 0 aliphatic carbocycles. The Bertz CT molecular complexity index is 1330. The summed E-state index contributed by atoms with van der Waals surface area (Å²) in [4.78, 5) is 14.7. The molecule has 0 fully saturated rings. The van der Waals surface area contributed by atoms with Crippen LogP contribution >= 0.6 is 0 Å². The first kappa shape index (κ1) is 23.7. The average molecular weight is 482 g/mol. The molecule has 3 aromatic rings. The van der Waals surface area contributed by atoms with Crippen LogP contribution in [0.5, 0.6) is 11.5 Å². The van der Waals surface area contributed by atoms with Crippen LogP contribution < -0.4 is 19.8 Å². The number of benzene rings is 3. The number of carbonyl (C=O) groups excluding carboxylic acids is 1. The van der Waals surface area contributed by atoms with Gasteiger partial charge < -0.3 is 14.4 Å². The van der Waals surface area contributed by atoms with Gasteiger partial charge in [0.2, 0.25) is 0 Å². The Balaban J connectivity index is 1.49. The highest BCUT2D eigenvalue weighted by Crippen LogP contribution is 2.50. The molecule has 0 aromatic heterocycles. The number of anilines is 1. The average Bonchev–Trinajstić information content (AvgIpc) is 3.46. The van der Waals surface area contributed by atoms with Crippen molar-refractivity contribution in [1.29, 1.82) is 0 Å². The SMILES string of the molecule is CCN1/C(=C\C=N\NC(=O)c2ccccc2)C(C)(Cc2ccc3c(c2)OCC3)c2cc(OC)ccc21. The number of hydrogen-bond acceptors (Lipinski definition) is 5. The zero-order valence-electron chi connectivity index (χ0n) is 21.0. The van der Waals surface area contributed by atoms with Gasteiger partial charge in [-0.15, -0.1) is 0 Å². The first-order valence-electron chi connectivity index (χ1n) is 12.3. The lowest BCUT2D eigenvalue weighted by molar-refractivity contribution is 0.0955. The molecule has 1 unspecified atom stereocenters. The molecule has 1 atom stereocenters. The number of likely N-dealkylation sites (N-methyl/N-ethyl adjacent to an activating group) is 1. The second-order valence-electron chi connectivity index (χ2n) is 9.31. The molecule has 6 heteroatoms. The van der Waals surface area contributed by atoms with Crippen LogP contribution in [0.25, 0.3) is 0 Å². The fourth-order valence-corrected chi connectivity index (χ4v) is 5.27. The van der Waals surface area contributed by atoms with Crippen molar-refractivity contribution < 1.29 is 14.3 Å². The van der Waals surface area contributed by atoms with Crippen LogP contribution in [0.1, 0.15) is 40.9 Å². The van der Waals surface area contributed by atoms with E-state index in [1.54, 1.807) is 25.5 Å². The Labute approximate surface area is 212 Å². The van der Waals surface area contributed by atoms with Crippen LogP contribution in [0.2, 0.25) is 0 Å². The molecule has 2 heterocycles. The molecular weight excluding hydrogens is 450 g/mol. The van der Waals surface area contributed by atoms with Gasteiger partial charge in [-0.2, -0.15) is 5.10 Å². The summed E-state index contributed by atoms with van der Waals surface area (Å²) in [6.45, 7) is 5.96. The van der Waals surface area contributed by atoms with Gasteiger partial charge in [0.1, 0.15) is 11.5 Å². The predicted octanol–water partition coefficient (Wildman–Crippen LogP) is 5.27. The molecule has 1 N–H and O–H groups in total. The molecular formula is C30H31N3O3. The van der Waals surface area contributed by atoms with Crippen molar-refractivity contribution in [2.75, 3.05) is 25.2 Å². The van der Waals surface area contributed by atoms with Crippen molar-refractivity contribution in [3.05, 3.63) is 101 Å². The highest BCUT2D eigenvalue weighted by Gasteiger charge is 2.43. The third kappa shape index (κ3) is 4.35. The van der Waals surface area contributed by atoms with E-state index in [0.29, 0.717) is 5.56 Å². The Morgan fingerprint density at radius 1 is 1.17 bits per heavy atom. The van der Waals surface area contributed by atoms with Crippen molar-refractivity contribution in [3.63, 3.8) is 0 Å². The van der Waals surface area contributed by atoms with E-state index < -0.39 is 0 Å². The largest absolute Gasteiger partial charge is 0.497 e. The summed E-state index contributed by atoms with van der Waals surface area (Å²) in [6, 6.07) is 21.9. The molecule has 0 saturated carbocycles. The third-order valence-corrected chi connectivity index (χ3v) is 7.09. The maximum atomic E-state index is 12.4. The number of fused-ring (bicyclic) bond motifs is 2. The first-order valence-corrected chi connectivity index (χ1v) is 12.3. The summed E-state index contributed by atoms with van der Waals surface area (Å²) in [7, 11) is 1.70. The number of rotatable bonds is 7. The standard InChI is InChI=1S/C30H31N3O3/c1-4-33-26-13-12-24(35-3)19-25(26)30(2,20-21-10-11-22-15-17-36-27(22)18-21)28(33)14-16-31-32-29(34)23-8-6-5-7-9-23/h5-14,16,18-19H,4,15,17,20H2,1-3H3,(H,32,34)/b28-14-,31-16+. The van der Waals surface area contributed by atoms with Gasteiger partial charge in [0.25, 0.3) is 5.91 Å². The lowest BCUT2D eigenvalue weighted by Gasteiger charge is -2.30. The van der Waals surface area contributed by atoms with Crippen LogP contribution in [0.4, 0.5) is 5.69 Å². The monoisotopic (exact) mass is 481 g/mol. The molecule has 0 spiro atoms. The first-order chi connectivity index (χ1) is 17.5. The normalized spacial score (nSPS) is 19.3. The van der Waals surface area contributed by atoms with Gasteiger partial charge in [-0.05, 0) is 79.4 Å². The minimum atomic E-state index is -0.331. The van der Waals surface area contributed by atoms with Crippen LogP contribution in [0.3, 0.4) is 0 Å². The molecule has 3 aromatic carbocycles. The lowest BCUT2D eigenvalue weighted by atomic mass is 9.76. The van der Waals surface area contributed by atoms with Gasteiger partial charge >= 0.3 is 0 Å². The van der Waals surface area contributed by atoms with Crippen LogP contribution in [-0.2, 0) is 18.3 Å². The van der Waals surface area contributed by atoms with Gasteiger partial charge in [-0.3, -0.25) is 4.79 Å². The van der Waals surface area contributed by atoms with Crippen molar-refractivity contribution in [1.82, 2.24) is 5.43 Å². The van der Waals surface area contributed by atoms with Gasteiger partial charge in [0.05, 0.1) is 13.7 Å². The molecule has 0 saturated heterocycles. The maximum Gasteiger partial charge on any atom is 0.271 e. The van der Waals surface area contributed by atoms with E-state index in [2.05, 4.69) is 59.6 Å². The molecule has 2 aliphatic rings. The summed E-state index contributed by atoms with van der Waals surface area (Å²) in [6.07, 6.45) is 5.43. The van der Waals surface area contributed by atoms with E-state index in [1.165, 1.54) is 16.7 Å². The molecule has 184 valence electrons. The number of nitrogens with one attached hydrogen (secondary N) is 1. The zero-order valence-corrected chi connectivity index (χ0v) is 21.0. The van der Waals surface area contributed by atoms with Gasteiger partial charge in [-0.1, -0.05) is 30.3 Å². The Kier molecular flexibility index (Phi) is 6.51. The molecule has 5 rings (SSSR count). The highest BCUT2D eigenvalue weighted by molar-refractivity contribution is 5.94. The van der Waals surface area contributed by atoms with E-state index in [-0.39, 0.29) is 11.3 Å². The third-order valence-electron chi connectivity index (χ3n) is 7.09. The number of allylic oxidation sites excluding steroid dienone is 2. The summed E-state index contributed by atoms with van der Waals surface area (Å²) in [5.74, 6) is 1.58. The summed E-state index contributed by atoms with van der Waals surface area (Å²) in [5, 5.41) is 4.22. The fraction of sp³-hybridized carbons (Fsp3) is 0.267. The topological polar surface area (TPSA) is 63.2 Å². The maximum absolute atomic E-state index is 12.4. The van der Waals surface area contributed by atoms with E-state index >= 15 is 0 Å².